The van der Waals surface area contributed by atoms with Crippen LogP contribution in [0.5, 0.6) is 0 Å². The van der Waals surface area contributed by atoms with E-state index >= 15 is 0 Å². The van der Waals surface area contributed by atoms with Gasteiger partial charge in [0.1, 0.15) is 0 Å². The van der Waals surface area contributed by atoms with Crippen LogP contribution in [0.3, 0.4) is 0 Å². The third-order valence-corrected chi connectivity index (χ3v) is 4.75. The number of hydrogen-bond donors (Lipinski definition) is 2. The molecular weight excluding hydrogens is 364 g/mol. The molecule has 1 aromatic rings. The molecule has 0 amide bonds. The van der Waals surface area contributed by atoms with Gasteiger partial charge in [-0.1, -0.05) is 64.0 Å². The third kappa shape index (κ3) is 13.9. The molecule has 1 aliphatic carbocycles. The van der Waals surface area contributed by atoms with Gasteiger partial charge in [0.2, 0.25) is 0 Å². The van der Waals surface area contributed by atoms with Gasteiger partial charge in [-0.05, 0) is 76.1 Å². The Kier molecular flexibility index (Phi) is 15.3. The fourth-order valence-electron chi connectivity index (χ4n) is 3.26. The molecule has 0 aromatic heterocycles. The first-order chi connectivity index (χ1) is 14.2. The molecule has 0 bridgehead atoms. The summed E-state index contributed by atoms with van der Waals surface area (Å²) < 4.78 is 0. The molecule has 1 saturated carbocycles. The number of allylic oxidation sites excluding steroid dienone is 4. The van der Waals surface area contributed by atoms with Gasteiger partial charge < -0.3 is 10.6 Å². The number of hydrogen-bond acceptors (Lipinski definition) is 2. The van der Waals surface area contributed by atoms with Gasteiger partial charge in [-0.2, -0.15) is 0 Å². The molecule has 0 unspecified atom stereocenters. The summed E-state index contributed by atoms with van der Waals surface area (Å²) in [4.78, 5) is 0. The Balaban J connectivity index is 0.000000791. The first-order valence-corrected chi connectivity index (χ1v) is 11.4. The Labute approximate surface area is 187 Å². The summed E-state index contributed by atoms with van der Waals surface area (Å²) in [6.45, 7) is 23.7. The quantitative estimate of drug-likeness (QED) is 0.348. The van der Waals surface area contributed by atoms with Crippen molar-refractivity contribution in [3.8, 4) is 0 Å². The largest absolute Gasteiger partial charge is 0.383 e. The maximum Gasteiger partial charge on any atom is 0.0414 e. The van der Waals surface area contributed by atoms with Gasteiger partial charge in [0.05, 0.1) is 0 Å². The van der Waals surface area contributed by atoms with E-state index in [-0.39, 0.29) is 0 Å². The van der Waals surface area contributed by atoms with E-state index in [4.69, 9.17) is 0 Å². The van der Waals surface area contributed by atoms with Crippen LogP contribution in [-0.4, -0.2) is 6.04 Å². The molecule has 0 atom stereocenters. The van der Waals surface area contributed by atoms with Gasteiger partial charge in [-0.3, -0.25) is 0 Å². The van der Waals surface area contributed by atoms with Gasteiger partial charge in [-0.15, -0.1) is 13.2 Å². The first kappa shape index (κ1) is 27.8. The van der Waals surface area contributed by atoms with Crippen LogP contribution in [-0.2, 0) is 0 Å². The Hall–Kier alpha value is -2.22. The van der Waals surface area contributed by atoms with Crippen molar-refractivity contribution in [1.82, 2.24) is 5.32 Å². The van der Waals surface area contributed by atoms with Crippen molar-refractivity contribution in [3.63, 3.8) is 0 Å². The topological polar surface area (TPSA) is 24.1 Å². The van der Waals surface area contributed by atoms with Crippen LogP contribution in [0.4, 0.5) is 5.69 Å². The minimum absolute atomic E-state index is 0.607. The summed E-state index contributed by atoms with van der Waals surface area (Å²) in [6.07, 6.45) is 13.6. The van der Waals surface area contributed by atoms with E-state index < -0.39 is 0 Å². The van der Waals surface area contributed by atoms with E-state index in [0.717, 1.165) is 23.7 Å². The van der Waals surface area contributed by atoms with E-state index in [9.17, 15) is 0 Å². The Bertz CT molecular complexity index is 661. The van der Waals surface area contributed by atoms with E-state index in [1.807, 2.05) is 13.0 Å². The predicted molar refractivity (Wildman–Crippen MR) is 138 cm³/mol. The molecule has 1 aliphatic rings. The molecule has 168 valence electrons. The summed E-state index contributed by atoms with van der Waals surface area (Å²) in [6, 6.07) is 7.09. The Morgan fingerprint density at radius 3 is 2.23 bits per heavy atom. The lowest BCUT2D eigenvalue weighted by Gasteiger charge is -2.24. The smallest absolute Gasteiger partial charge is 0.0414 e. The fraction of sp³-hybridized carbons (Fsp3) is 0.500. The zero-order chi connectivity index (χ0) is 22.9. The standard InChI is InChI=1S/C19H28N2.C6H12.C3H6/c1-14-10-11-15(2)19(12-14)21-17(4)13-16(3)20-18-8-6-5-7-9-18;1-4-5-6(2)3;1-3-2/h10-13,18,20-21H,3,5-9H2,1-2,4H3;4,6H,1,5H2,2-3H3;3H,1H2,2H3/b17-13-;;. The van der Waals surface area contributed by atoms with Crippen LogP contribution >= 0.6 is 0 Å². The lowest BCUT2D eigenvalue weighted by atomic mass is 9.95. The molecule has 0 aliphatic heterocycles. The molecule has 2 nitrogen and oxygen atoms in total. The van der Waals surface area contributed by atoms with Gasteiger partial charge in [-0.25, -0.2) is 0 Å². The van der Waals surface area contributed by atoms with E-state index in [2.05, 4.69) is 89.3 Å². The fourth-order valence-corrected chi connectivity index (χ4v) is 3.26. The van der Waals surface area contributed by atoms with Crippen molar-refractivity contribution in [1.29, 1.82) is 0 Å². The zero-order valence-corrected chi connectivity index (χ0v) is 20.5. The lowest BCUT2D eigenvalue weighted by Crippen LogP contribution is -2.29. The van der Waals surface area contributed by atoms with Gasteiger partial charge >= 0.3 is 0 Å². The summed E-state index contributed by atoms with van der Waals surface area (Å²) in [5.74, 6) is 0.780. The van der Waals surface area contributed by atoms with Crippen molar-refractivity contribution in [2.45, 2.75) is 86.1 Å². The Morgan fingerprint density at radius 1 is 1.13 bits per heavy atom. The van der Waals surface area contributed by atoms with Crippen molar-refractivity contribution in [2.24, 2.45) is 5.92 Å². The molecule has 2 rings (SSSR count). The van der Waals surface area contributed by atoms with Crippen LogP contribution in [0.2, 0.25) is 0 Å². The predicted octanol–water partition coefficient (Wildman–Crippen LogP) is 8.47. The molecule has 1 aromatic carbocycles. The minimum atomic E-state index is 0.607. The lowest BCUT2D eigenvalue weighted by molar-refractivity contribution is 0.399. The van der Waals surface area contributed by atoms with Crippen LogP contribution in [0.1, 0.15) is 77.3 Å². The monoisotopic (exact) mass is 410 g/mol. The molecular formula is C28H46N2. The van der Waals surface area contributed by atoms with E-state index in [1.54, 1.807) is 6.08 Å². The molecule has 0 radical (unpaired) electrons. The van der Waals surface area contributed by atoms with Crippen LogP contribution in [0, 0.1) is 19.8 Å². The summed E-state index contributed by atoms with van der Waals surface area (Å²) in [7, 11) is 0. The summed E-state index contributed by atoms with van der Waals surface area (Å²) >= 11 is 0. The van der Waals surface area contributed by atoms with Gasteiger partial charge in [0, 0.05) is 23.1 Å². The van der Waals surface area contributed by atoms with E-state index in [1.165, 1.54) is 48.9 Å². The van der Waals surface area contributed by atoms with E-state index in [0.29, 0.717) is 6.04 Å². The molecule has 30 heavy (non-hydrogen) atoms. The molecule has 2 N–H and O–H groups in total. The second kappa shape index (κ2) is 16.6. The van der Waals surface area contributed by atoms with Crippen molar-refractivity contribution >= 4 is 5.69 Å². The summed E-state index contributed by atoms with van der Waals surface area (Å²) in [5.41, 5.74) is 5.85. The molecule has 2 heteroatoms. The Morgan fingerprint density at radius 2 is 1.73 bits per heavy atom. The molecule has 0 heterocycles. The molecule has 1 fully saturated rings. The van der Waals surface area contributed by atoms with Crippen LogP contribution in [0.25, 0.3) is 0 Å². The van der Waals surface area contributed by atoms with Crippen molar-refractivity contribution in [2.75, 3.05) is 5.32 Å². The zero-order valence-electron chi connectivity index (χ0n) is 20.5. The van der Waals surface area contributed by atoms with Crippen molar-refractivity contribution < 1.29 is 0 Å². The third-order valence-electron chi connectivity index (χ3n) is 4.75. The maximum atomic E-state index is 4.14. The highest BCUT2D eigenvalue weighted by molar-refractivity contribution is 5.56. The normalized spacial score (nSPS) is 13.9. The van der Waals surface area contributed by atoms with Gasteiger partial charge in [0.15, 0.2) is 0 Å². The number of anilines is 1. The number of nitrogens with one attached hydrogen (secondary N) is 2. The average Bonchev–Trinajstić information content (AvgIpc) is 2.66. The second-order valence-corrected chi connectivity index (χ2v) is 8.60. The number of aryl methyl sites for hydroxylation is 2. The van der Waals surface area contributed by atoms with Crippen molar-refractivity contribution in [3.05, 3.63) is 78.7 Å². The second-order valence-electron chi connectivity index (χ2n) is 8.60. The highest BCUT2D eigenvalue weighted by Crippen LogP contribution is 2.20. The highest BCUT2D eigenvalue weighted by atomic mass is 14.9. The highest BCUT2D eigenvalue weighted by Gasteiger charge is 2.12. The first-order valence-electron chi connectivity index (χ1n) is 11.4. The van der Waals surface area contributed by atoms with Crippen LogP contribution in [0.15, 0.2) is 67.6 Å². The number of rotatable bonds is 7. The van der Waals surface area contributed by atoms with Gasteiger partial charge in [0.25, 0.3) is 0 Å². The average molecular weight is 411 g/mol. The maximum absolute atomic E-state index is 4.14. The van der Waals surface area contributed by atoms with Crippen LogP contribution < -0.4 is 10.6 Å². The minimum Gasteiger partial charge on any atom is -0.383 e. The SMILES string of the molecule is C=C(/C=C(/C)Nc1cc(C)ccc1C)NC1CCCCC1.C=CC.C=CCC(C)C. The number of benzene rings is 1. The molecule has 0 spiro atoms. The summed E-state index contributed by atoms with van der Waals surface area (Å²) in [5, 5.41) is 7.03. The molecule has 0 saturated heterocycles.